The minimum absolute atomic E-state index is 0.725. The summed E-state index contributed by atoms with van der Waals surface area (Å²) in [4.78, 5) is 4.23. The molecule has 0 saturated carbocycles. The lowest BCUT2D eigenvalue weighted by atomic mass is 10.3. The van der Waals surface area contributed by atoms with Crippen molar-refractivity contribution in [1.29, 1.82) is 0 Å². The molecule has 0 saturated heterocycles. The molecule has 1 aliphatic rings. The number of allylic oxidation sites excluding steroid dienone is 4. The molecule has 12 heavy (non-hydrogen) atoms. The number of hydrazine groups is 1. The highest BCUT2D eigenvalue weighted by Gasteiger charge is 2.10. The number of nitrogens with two attached hydrogens (primary N) is 1. The molecule has 1 heterocycles. The third-order valence-corrected chi connectivity index (χ3v) is 1.60. The van der Waals surface area contributed by atoms with Crippen molar-refractivity contribution in [3.05, 3.63) is 36.3 Å². The zero-order valence-corrected chi connectivity index (χ0v) is 7.41. The molecule has 2 N–H and O–H groups in total. The summed E-state index contributed by atoms with van der Waals surface area (Å²) in [7, 11) is 0. The van der Waals surface area contributed by atoms with Crippen molar-refractivity contribution in [2.75, 3.05) is 0 Å². The summed E-state index contributed by atoms with van der Waals surface area (Å²) >= 11 is 0. The van der Waals surface area contributed by atoms with Gasteiger partial charge >= 0.3 is 0 Å². The Morgan fingerprint density at radius 1 is 1.58 bits per heavy atom. The Hall–Kier alpha value is -1.35. The van der Waals surface area contributed by atoms with E-state index in [4.69, 9.17) is 5.84 Å². The lowest BCUT2D eigenvalue weighted by molar-refractivity contribution is 0.442. The third kappa shape index (κ3) is 1.62. The van der Waals surface area contributed by atoms with Gasteiger partial charge in [0.2, 0.25) is 0 Å². The van der Waals surface area contributed by atoms with Crippen molar-refractivity contribution < 1.29 is 0 Å². The van der Waals surface area contributed by atoms with Crippen molar-refractivity contribution in [2.45, 2.75) is 13.8 Å². The van der Waals surface area contributed by atoms with Crippen LogP contribution in [0.5, 0.6) is 0 Å². The van der Waals surface area contributed by atoms with Gasteiger partial charge in [-0.15, -0.1) is 0 Å². The summed E-state index contributed by atoms with van der Waals surface area (Å²) in [5, 5.41) is 1.54. The molecular weight excluding hydrogens is 150 g/mol. The molecule has 0 amide bonds. The molecule has 0 fully saturated rings. The normalized spacial score (nSPS) is 20.6. The van der Waals surface area contributed by atoms with Gasteiger partial charge in [0, 0.05) is 11.4 Å². The highest BCUT2D eigenvalue weighted by Crippen LogP contribution is 2.14. The monoisotopic (exact) mass is 163 g/mol. The second kappa shape index (κ2) is 3.36. The molecule has 0 bridgehead atoms. The smallest absolute Gasteiger partial charge is 0.147 e. The predicted octanol–water partition coefficient (Wildman–Crippen LogP) is 1.57. The van der Waals surface area contributed by atoms with Crippen LogP contribution in [0, 0.1) is 0 Å². The molecule has 0 radical (unpaired) electrons. The highest BCUT2D eigenvalue weighted by molar-refractivity contribution is 5.94. The van der Waals surface area contributed by atoms with Gasteiger partial charge in [-0.2, -0.15) is 0 Å². The Kier molecular flexibility index (Phi) is 2.45. The minimum atomic E-state index is 0.725. The van der Waals surface area contributed by atoms with Gasteiger partial charge in [-0.1, -0.05) is 12.7 Å². The molecule has 3 heteroatoms. The summed E-state index contributed by atoms with van der Waals surface area (Å²) in [5.74, 6) is 6.44. The lowest BCUT2D eigenvalue weighted by Crippen LogP contribution is -2.30. The van der Waals surface area contributed by atoms with Gasteiger partial charge in [-0.3, -0.25) is 5.01 Å². The van der Waals surface area contributed by atoms with Crippen molar-refractivity contribution in [2.24, 2.45) is 10.8 Å². The number of aliphatic imine (C=N–C) groups is 1. The van der Waals surface area contributed by atoms with Gasteiger partial charge in [0.25, 0.3) is 0 Å². The van der Waals surface area contributed by atoms with Gasteiger partial charge in [-0.25, -0.2) is 10.8 Å². The van der Waals surface area contributed by atoms with E-state index < -0.39 is 0 Å². The first-order valence-electron chi connectivity index (χ1n) is 3.76. The van der Waals surface area contributed by atoms with Crippen LogP contribution in [0.4, 0.5) is 0 Å². The van der Waals surface area contributed by atoms with Gasteiger partial charge in [0.1, 0.15) is 5.82 Å². The number of hydrogen-bond donors (Lipinski definition) is 1. The maximum atomic E-state index is 5.71. The summed E-state index contributed by atoms with van der Waals surface area (Å²) in [6, 6.07) is 0. The van der Waals surface area contributed by atoms with E-state index in [0.717, 1.165) is 17.2 Å². The van der Waals surface area contributed by atoms with Crippen LogP contribution in [0.1, 0.15) is 13.8 Å². The first kappa shape index (κ1) is 8.74. The molecule has 64 valence electrons. The van der Waals surface area contributed by atoms with Crippen LogP contribution in [-0.2, 0) is 0 Å². The third-order valence-electron chi connectivity index (χ3n) is 1.60. The standard InChI is InChI=1S/C9H13N3/c1-4-5-9-11-7(2)6-8(3)12(9)10/h4-6H,1,10H2,2-3H3/b9-5-. The second-order valence-electron chi connectivity index (χ2n) is 2.67. The van der Waals surface area contributed by atoms with Crippen LogP contribution < -0.4 is 5.84 Å². The zero-order chi connectivity index (χ0) is 9.14. The van der Waals surface area contributed by atoms with E-state index in [1.54, 1.807) is 12.2 Å². The Morgan fingerprint density at radius 3 is 2.83 bits per heavy atom. The van der Waals surface area contributed by atoms with E-state index in [1.165, 1.54) is 5.01 Å². The molecule has 3 nitrogen and oxygen atoms in total. The van der Waals surface area contributed by atoms with E-state index in [1.807, 2.05) is 19.9 Å². The number of nitrogens with zero attached hydrogens (tertiary/aromatic N) is 2. The maximum Gasteiger partial charge on any atom is 0.147 e. The van der Waals surface area contributed by atoms with Crippen molar-refractivity contribution in [3.8, 4) is 0 Å². The summed E-state index contributed by atoms with van der Waals surface area (Å²) in [6.45, 7) is 7.47. The molecular formula is C9H13N3. The number of rotatable bonds is 1. The lowest BCUT2D eigenvalue weighted by Gasteiger charge is -2.23. The predicted molar refractivity (Wildman–Crippen MR) is 51.2 cm³/mol. The van der Waals surface area contributed by atoms with Crippen molar-refractivity contribution in [3.63, 3.8) is 0 Å². The quantitative estimate of drug-likeness (QED) is 0.596. The van der Waals surface area contributed by atoms with Crippen LogP contribution in [0.25, 0.3) is 0 Å². The topological polar surface area (TPSA) is 41.6 Å². The van der Waals surface area contributed by atoms with Gasteiger partial charge < -0.3 is 0 Å². The Bertz CT molecular complexity index is 284. The summed E-state index contributed by atoms with van der Waals surface area (Å²) in [6.07, 6.45) is 5.38. The van der Waals surface area contributed by atoms with Crippen LogP contribution in [0.3, 0.4) is 0 Å². The first-order valence-corrected chi connectivity index (χ1v) is 3.76. The molecule has 0 aromatic heterocycles. The zero-order valence-electron chi connectivity index (χ0n) is 7.41. The molecule has 1 rings (SSSR count). The van der Waals surface area contributed by atoms with Gasteiger partial charge in [0.15, 0.2) is 0 Å². The fourth-order valence-electron chi connectivity index (χ4n) is 1.04. The highest BCUT2D eigenvalue weighted by atomic mass is 15.5. The van der Waals surface area contributed by atoms with E-state index in [-0.39, 0.29) is 0 Å². The van der Waals surface area contributed by atoms with Crippen LogP contribution in [0.2, 0.25) is 0 Å². The molecule has 0 aliphatic carbocycles. The van der Waals surface area contributed by atoms with E-state index in [0.29, 0.717) is 0 Å². The van der Waals surface area contributed by atoms with E-state index in [2.05, 4.69) is 11.6 Å². The SMILES string of the molecule is C=C/C=C1/N=C(C)C=C(C)N1N. The van der Waals surface area contributed by atoms with Crippen molar-refractivity contribution in [1.82, 2.24) is 5.01 Å². The van der Waals surface area contributed by atoms with Crippen LogP contribution >= 0.6 is 0 Å². The Balaban J connectivity index is 3.01. The summed E-state index contributed by atoms with van der Waals surface area (Å²) < 4.78 is 0. The average molecular weight is 163 g/mol. The second-order valence-corrected chi connectivity index (χ2v) is 2.67. The van der Waals surface area contributed by atoms with Crippen LogP contribution in [0.15, 0.2) is 41.3 Å². The Labute approximate surface area is 72.5 Å². The van der Waals surface area contributed by atoms with Gasteiger partial charge in [0.05, 0.1) is 0 Å². The first-order chi connectivity index (χ1) is 5.65. The minimum Gasteiger partial charge on any atom is -0.267 e. The molecule has 0 atom stereocenters. The molecule has 0 unspecified atom stereocenters. The molecule has 0 aromatic rings. The maximum absolute atomic E-state index is 5.71. The fourth-order valence-corrected chi connectivity index (χ4v) is 1.04. The van der Waals surface area contributed by atoms with Crippen LogP contribution in [-0.4, -0.2) is 10.7 Å². The largest absolute Gasteiger partial charge is 0.267 e. The fraction of sp³-hybridized carbons (Fsp3) is 0.222. The molecule has 0 spiro atoms. The molecule has 0 aromatic carbocycles. The Morgan fingerprint density at radius 2 is 2.25 bits per heavy atom. The molecule has 1 aliphatic heterocycles. The van der Waals surface area contributed by atoms with Crippen molar-refractivity contribution >= 4 is 5.71 Å². The van der Waals surface area contributed by atoms with E-state index >= 15 is 0 Å². The average Bonchev–Trinajstić information content (AvgIpc) is 2.00. The van der Waals surface area contributed by atoms with Gasteiger partial charge in [-0.05, 0) is 26.0 Å². The number of hydrogen-bond acceptors (Lipinski definition) is 3. The summed E-state index contributed by atoms with van der Waals surface area (Å²) in [5.41, 5.74) is 1.94. The van der Waals surface area contributed by atoms with E-state index in [9.17, 15) is 0 Å².